The van der Waals surface area contributed by atoms with Gasteiger partial charge in [-0.2, -0.15) is 0 Å². The van der Waals surface area contributed by atoms with Gasteiger partial charge in [-0.15, -0.1) is 0 Å². The third-order valence-electron chi connectivity index (χ3n) is 5.74. The van der Waals surface area contributed by atoms with Crippen LogP contribution in [-0.2, 0) is 4.79 Å². The molecule has 0 saturated heterocycles. The minimum Gasteiger partial charge on any atom is -0.289 e. The van der Waals surface area contributed by atoms with Crippen molar-refractivity contribution in [3.8, 4) is 0 Å². The molecule has 0 N–H and O–H groups in total. The molecule has 4 aromatic rings. The molecule has 1 aliphatic rings. The Morgan fingerprint density at radius 1 is 0.621 bits per heavy atom. The molecule has 1 aliphatic carbocycles. The summed E-state index contributed by atoms with van der Waals surface area (Å²) in [4.78, 5) is 13.2. The molecule has 140 valence electrons. The molecular formula is C28H22O. The van der Waals surface area contributed by atoms with Crippen LogP contribution in [0.2, 0.25) is 0 Å². The number of benzene rings is 4. The van der Waals surface area contributed by atoms with Crippen LogP contribution in [0.5, 0.6) is 0 Å². The van der Waals surface area contributed by atoms with Gasteiger partial charge < -0.3 is 0 Å². The molecule has 1 saturated carbocycles. The number of Topliss-reactive ketones (excluding diaryl/α,β-unsaturated/α-hetero) is 1. The Kier molecular flexibility index (Phi) is 4.57. The van der Waals surface area contributed by atoms with Gasteiger partial charge >= 0.3 is 0 Å². The Labute approximate surface area is 171 Å². The van der Waals surface area contributed by atoms with Crippen molar-refractivity contribution in [2.75, 3.05) is 0 Å². The zero-order valence-corrected chi connectivity index (χ0v) is 16.3. The number of hydrogen-bond acceptors (Lipinski definition) is 1. The summed E-state index contributed by atoms with van der Waals surface area (Å²) < 4.78 is 0. The number of rotatable bonds is 2. The summed E-state index contributed by atoms with van der Waals surface area (Å²) in [5.41, 5.74) is 4.05. The average Bonchev–Trinajstić information content (AvgIpc) is 2.77. The summed E-state index contributed by atoms with van der Waals surface area (Å²) in [5, 5.41) is 4.83. The fourth-order valence-corrected chi connectivity index (χ4v) is 4.24. The second-order valence-electron chi connectivity index (χ2n) is 7.70. The van der Waals surface area contributed by atoms with Crippen molar-refractivity contribution in [3.05, 3.63) is 107 Å². The lowest BCUT2D eigenvalue weighted by Crippen LogP contribution is -2.12. The maximum atomic E-state index is 13.2. The zero-order valence-electron chi connectivity index (χ0n) is 16.3. The van der Waals surface area contributed by atoms with Crippen molar-refractivity contribution in [2.45, 2.75) is 19.3 Å². The predicted molar refractivity (Wildman–Crippen MR) is 123 cm³/mol. The van der Waals surface area contributed by atoms with Gasteiger partial charge in [-0.1, -0.05) is 78.9 Å². The molecule has 0 spiro atoms. The molecule has 0 aliphatic heterocycles. The van der Waals surface area contributed by atoms with E-state index in [1.54, 1.807) is 0 Å². The number of hydrogen-bond donors (Lipinski definition) is 0. The van der Waals surface area contributed by atoms with Crippen LogP contribution in [0.25, 0.3) is 33.7 Å². The van der Waals surface area contributed by atoms with Crippen molar-refractivity contribution in [3.63, 3.8) is 0 Å². The van der Waals surface area contributed by atoms with Crippen LogP contribution in [0.15, 0.2) is 96.1 Å². The molecule has 0 unspecified atom stereocenters. The van der Waals surface area contributed by atoms with Crippen LogP contribution in [0.1, 0.15) is 30.4 Å². The SMILES string of the molecule is O=C1/C(=C\c2cccc3ccccc23)CCC/C1=C\c1ccc2ccccc2c1. The first kappa shape index (κ1) is 17.6. The van der Waals surface area contributed by atoms with Crippen LogP contribution in [0.4, 0.5) is 0 Å². The van der Waals surface area contributed by atoms with Crippen molar-refractivity contribution in [1.29, 1.82) is 0 Å². The highest BCUT2D eigenvalue weighted by Gasteiger charge is 2.20. The number of carbonyl (C=O) groups excluding carboxylic acids is 1. The van der Waals surface area contributed by atoms with Gasteiger partial charge in [0, 0.05) is 11.1 Å². The van der Waals surface area contributed by atoms with Gasteiger partial charge in [0.05, 0.1) is 0 Å². The van der Waals surface area contributed by atoms with Crippen molar-refractivity contribution < 1.29 is 4.79 Å². The van der Waals surface area contributed by atoms with Gasteiger partial charge in [-0.25, -0.2) is 0 Å². The highest BCUT2D eigenvalue weighted by Crippen LogP contribution is 2.30. The largest absolute Gasteiger partial charge is 0.289 e. The van der Waals surface area contributed by atoms with Crippen LogP contribution in [-0.4, -0.2) is 5.78 Å². The van der Waals surface area contributed by atoms with E-state index in [1.807, 2.05) is 0 Å². The normalized spacial score (nSPS) is 17.4. The first-order valence-electron chi connectivity index (χ1n) is 10.2. The molecule has 0 heterocycles. The first-order valence-corrected chi connectivity index (χ1v) is 10.2. The lowest BCUT2D eigenvalue weighted by molar-refractivity contribution is -0.112. The summed E-state index contributed by atoms with van der Waals surface area (Å²) in [6, 6.07) is 29.4. The number of ketones is 1. The molecule has 29 heavy (non-hydrogen) atoms. The molecule has 0 aromatic heterocycles. The van der Waals surface area contributed by atoms with Gasteiger partial charge in [0.1, 0.15) is 0 Å². The van der Waals surface area contributed by atoms with E-state index < -0.39 is 0 Å². The molecule has 0 atom stereocenters. The molecule has 1 heteroatoms. The second kappa shape index (κ2) is 7.52. The van der Waals surface area contributed by atoms with E-state index in [1.165, 1.54) is 21.5 Å². The Bertz CT molecular complexity index is 1280. The fourth-order valence-electron chi connectivity index (χ4n) is 4.24. The van der Waals surface area contributed by atoms with Gasteiger partial charge in [0.25, 0.3) is 0 Å². The van der Waals surface area contributed by atoms with E-state index in [0.717, 1.165) is 41.5 Å². The Morgan fingerprint density at radius 3 is 2.17 bits per heavy atom. The Balaban J connectivity index is 1.51. The van der Waals surface area contributed by atoms with Crippen LogP contribution < -0.4 is 0 Å². The van der Waals surface area contributed by atoms with Gasteiger partial charge in [0.2, 0.25) is 0 Å². The number of allylic oxidation sites excluding steroid dienone is 2. The summed E-state index contributed by atoms with van der Waals surface area (Å²) in [6.07, 6.45) is 6.88. The summed E-state index contributed by atoms with van der Waals surface area (Å²) in [6.45, 7) is 0. The van der Waals surface area contributed by atoms with Gasteiger partial charge in [0.15, 0.2) is 5.78 Å². The van der Waals surface area contributed by atoms with Crippen molar-refractivity contribution in [2.24, 2.45) is 0 Å². The Hall–Kier alpha value is -3.45. The fraction of sp³-hybridized carbons (Fsp3) is 0.107. The topological polar surface area (TPSA) is 17.1 Å². The van der Waals surface area contributed by atoms with E-state index in [-0.39, 0.29) is 5.78 Å². The van der Waals surface area contributed by atoms with E-state index in [0.29, 0.717) is 0 Å². The molecule has 0 amide bonds. The zero-order chi connectivity index (χ0) is 19.6. The average molecular weight is 374 g/mol. The molecule has 0 bridgehead atoms. The van der Waals surface area contributed by atoms with Crippen molar-refractivity contribution in [1.82, 2.24) is 0 Å². The molecular weight excluding hydrogens is 352 g/mol. The first-order chi connectivity index (χ1) is 14.3. The highest BCUT2D eigenvalue weighted by molar-refractivity contribution is 6.14. The highest BCUT2D eigenvalue weighted by atomic mass is 16.1. The van der Waals surface area contributed by atoms with Gasteiger partial charge in [-0.05, 0) is 70.2 Å². The maximum absolute atomic E-state index is 13.2. The molecule has 4 aromatic carbocycles. The summed E-state index contributed by atoms with van der Waals surface area (Å²) in [7, 11) is 0. The number of carbonyl (C=O) groups is 1. The minimum absolute atomic E-state index is 0.192. The summed E-state index contributed by atoms with van der Waals surface area (Å²) in [5.74, 6) is 0.192. The lowest BCUT2D eigenvalue weighted by Gasteiger charge is -2.17. The van der Waals surface area contributed by atoms with E-state index in [9.17, 15) is 4.79 Å². The standard InChI is InChI=1S/C28H22O/c29-28-25(18-20-15-16-21-7-1-2-9-23(21)17-20)12-6-13-26(28)19-24-11-5-10-22-8-3-4-14-27(22)24/h1-5,7-11,14-19H,6,12-13H2/b25-18+,26-19-. The van der Waals surface area contributed by atoms with Crippen molar-refractivity contribution >= 4 is 39.5 Å². The monoisotopic (exact) mass is 374 g/mol. The third kappa shape index (κ3) is 3.52. The Morgan fingerprint density at radius 2 is 1.31 bits per heavy atom. The maximum Gasteiger partial charge on any atom is 0.185 e. The third-order valence-corrected chi connectivity index (χ3v) is 5.74. The van der Waals surface area contributed by atoms with Crippen LogP contribution in [0, 0.1) is 0 Å². The molecule has 1 nitrogen and oxygen atoms in total. The van der Waals surface area contributed by atoms with E-state index in [4.69, 9.17) is 0 Å². The summed E-state index contributed by atoms with van der Waals surface area (Å²) >= 11 is 0. The van der Waals surface area contributed by atoms with E-state index in [2.05, 4.69) is 97.1 Å². The quantitative estimate of drug-likeness (QED) is 0.339. The molecule has 0 radical (unpaired) electrons. The second-order valence-corrected chi connectivity index (χ2v) is 7.70. The van der Waals surface area contributed by atoms with E-state index >= 15 is 0 Å². The van der Waals surface area contributed by atoms with Crippen LogP contribution in [0.3, 0.4) is 0 Å². The minimum atomic E-state index is 0.192. The predicted octanol–water partition coefficient (Wildman–Crippen LogP) is 7.21. The van der Waals surface area contributed by atoms with Crippen LogP contribution >= 0.6 is 0 Å². The number of fused-ring (bicyclic) bond motifs is 2. The van der Waals surface area contributed by atoms with Gasteiger partial charge in [-0.3, -0.25) is 4.79 Å². The lowest BCUT2D eigenvalue weighted by atomic mass is 9.86. The molecule has 5 rings (SSSR count). The smallest absolute Gasteiger partial charge is 0.185 e. The molecule has 1 fully saturated rings.